The molecule has 0 spiro atoms. The fourth-order valence-corrected chi connectivity index (χ4v) is 0.638. The summed E-state index contributed by atoms with van der Waals surface area (Å²) < 4.78 is 0. The Morgan fingerprint density at radius 3 is 1.78 bits per heavy atom. The van der Waals surface area contributed by atoms with E-state index in [1.165, 1.54) is 0 Å². The number of carboxylic acids is 1. The predicted octanol–water partition coefficient (Wildman–Crippen LogP) is 1.13. The molecule has 0 unspecified atom stereocenters. The molecular formula is C6H12BiO2. The van der Waals surface area contributed by atoms with Crippen LogP contribution in [0.2, 0.25) is 0 Å². The zero-order valence-electron chi connectivity index (χ0n) is 5.79. The first-order valence-corrected chi connectivity index (χ1v) is 2.95. The molecule has 0 aromatic heterocycles. The zero-order valence-corrected chi connectivity index (χ0v) is 9.27. The first-order valence-electron chi connectivity index (χ1n) is 2.95. The molecule has 53 valence electrons. The smallest absolute Gasteiger partial charge is 0.306 e. The molecule has 0 aliphatic rings. The molecule has 0 heterocycles. The Labute approximate surface area is 74.8 Å². The molecule has 0 aromatic carbocycles. The number of aliphatic carboxylic acids is 1. The van der Waals surface area contributed by atoms with Crippen LogP contribution in [0.15, 0.2) is 0 Å². The van der Waals surface area contributed by atoms with Gasteiger partial charge in [0.25, 0.3) is 0 Å². The van der Waals surface area contributed by atoms with Crippen LogP contribution in [0.1, 0.15) is 26.7 Å². The van der Waals surface area contributed by atoms with E-state index < -0.39 is 5.97 Å². The minimum atomic E-state index is -0.671. The van der Waals surface area contributed by atoms with Crippen molar-refractivity contribution in [3.05, 3.63) is 0 Å². The molecule has 0 atom stereocenters. The van der Waals surface area contributed by atoms with Crippen molar-refractivity contribution in [3.63, 3.8) is 0 Å². The fraction of sp³-hybridized carbons (Fsp3) is 0.833. The molecule has 1 N–H and O–H groups in total. The van der Waals surface area contributed by atoms with Crippen LogP contribution in [-0.2, 0) is 4.79 Å². The van der Waals surface area contributed by atoms with E-state index in [9.17, 15) is 4.79 Å². The van der Waals surface area contributed by atoms with Gasteiger partial charge in [-0.1, -0.05) is 13.8 Å². The van der Waals surface area contributed by atoms with Gasteiger partial charge >= 0.3 is 5.97 Å². The van der Waals surface area contributed by atoms with E-state index in [2.05, 4.69) is 0 Å². The topological polar surface area (TPSA) is 37.3 Å². The largest absolute Gasteiger partial charge is 0.481 e. The van der Waals surface area contributed by atoms with Gasteiger partial charge in [-0.15, -0.1) is 0 Å². The number of hydrogen-bond donors (Lipinski definition) is 1. The van der Waals surface area contributed by atoms with Crippen molar-refractivity contribution in [1.82, 2.24) is 0 Å². The van der Waals surface area contributed by atoms with Crippen molar-refractivity contribution in [1.29, 1.82) is 0 Å². The van der Waals surface area contributed by atoms with Crippen LogP contribution in [0.3, 0.4) is 0 Å². The van der Waals surface area contributed by atoms with Gasteiger partial charge in [0.1, 0.15) is 0 Å². The van der Waals surface area contributed by atoms with Gasteiger partial charge in [-0.2, -0.15) is 0 Å². The number of rotatable bonds is 3. The summed E-state index contributed by atoms with van der Waals surface area (Å²) in [6.07, 6.45) is 1.48. The quantitative estimate of drug-likeness (QED) is 0.790. The van der Waals surface area contributed by atoms with Crippen molar-refractivity contribution in [2.75, 3.05) is 0 Å². The van der Waals surface area contributed by atoms with Crippen LogP contribution in [0.4, 0.5) is 0 Å². The molecule has 0 saturated heterocycles. The maximum Gasteiger partial charge on any atom is 0.306 e. The molecular weight excluding hydrogens is 313 g/mol. The van der Waals surface area contributed by atoms with Crippen LogP contribution < -0.4 is 0 Å². The normalized spacial score (nSPS) is 8.78. The van der Waals surface area contributed by atoms with Crippen LogP contribution in [0.25, 0.3) is 0 Å². The third-order valence-corrected chi connectivity index (χ3v) is 1.33. The number of carbonyl (C=O) groups is 1. The average molecular weight is 325 g/mol. The predicted molar refractivity (Wildman–Crippen MR) is 37.5 cm³/mol. The maximum absolute atomic E-state index is 10.2. The van der Waals surface area contributed by atoms with Crippen molar-refractivity contribution in [2.24, 2.45) is 5.92 Å². The summed E-state index contributed by atoms with van der Waals surface area (Å²) in [6, 6.07) is 0. The Morgan fingerprint density at radius 2 is 1.78 bits per heavy atom. The summed E-state index contributed by atoms with van der Waals surface area (Å²) in [4.78, 5) is 10.2. The monoisotopic (exact) mass is 325 g/mol. The SMILES string of the molecule is CCC(CC)C(=O)O.[Bi]. The first-order chi connectivity index (χ1) is 3.72. The van der Waals surface area contributed by atoms with E-state index in [1.54, 1.807) is 0 Å². The van der Waals surface area contributed by atoms with Crippen molar-refractivity contribution >= 4 is 32.2 Å². The van der Waals surface area contributed by atoms with Gasteiger partial charge in [-0.3, -0.25) is 4.79 Å². The molecule has 0 fully saturated rings. The van der Waals surface area contributed by atoms with E-state index in [0.717, 1.165) is 12.8 Å². The molecule has 0 saturated carbocycles. The fourth-order valence-electron chi connectivity index (χ4n) is 0.638. The second-order valence-corrected chi connectivity index (χ2v) is 1.85. The summed E-state index contributed by atoms with van der Waals surface area (Å²) in [5.74, 6) is -0.801. The molecule has 2 nitrogen and oxygen atoms in total. The Hall–Kier alpha value is 0.353. The van der Waals surface area contributed by atoms with Crippen LogP contribution in [0, 0.1) is 5.92 Å². The first kappa shape index (κ1) is 12.1. The molecule has 0 aromatic rings. The molecule has 0 bridgehead atoms. The minimum absolute atomic E-state index is 0. The maximum atomic E-state index is 10.2. The van der Waals surface area contributed by atoms with Crippen LogP contribution in [0.5, 0.6) is 0 Å². The van der Waals surface area contributed by atoms with Crippen LogP contribution in [-0.4, -0.2) is 37.3 Å². The minimum Gasteiger partial charge on any atom is -0.481 e. The molecule has 9 heavy (non-hydrogen) atoms. The molecule has 3 radical (unpaired) electrons. The number of carboxylic acid groups (broad SMARTS) is 1. The second-order valence-electron chi connectivity index (χ2n) is 1.85. The van der Waals surface area contributed by atoms with E-state index in [-0.39, 0.29) is 32.1 Å². The van der Waals surface area contributed by atoms with Gasteiger partial charge in [-0.05, 0) is 12.8 Å². The van der Waals surface area contributed by atoms with Gasteiger partial charge in [0.15, 0.2) is 0 Å². The Morgan fingerprint density at radius 1 is 1.44 bits per heavy atom. The molecule has 3 heteroatoms. The molecule has 0 aliphatic heterocycles. The number of hydrogen-bond acceptors (Lipinski definition) is 1. The van der Waals surface area contributed by atoms with Gasteiger partial charge in [0.2, 0.25) is 0 Å². The molecule has 0 amide bonds. The summed E-state index contributed by atoms with van der Waals surface area (Å²) in [5, 5.41) is 8.37. The summed E-state index contributed by atoms with van der Waals surface area (Å²) >= 11 is 0. The summed E-state index contributed by atoms with van der Waals surface area (Å²) in [5.41, 5.74) is 0. The second kappa shape index (κ2) is 6.47. The Bertz CT molecular complexity index is 79.1. The molecule has 0 rings (SSSR count). The van der Waals surface area contributed by atoms with E-state index in [4.69, 9.17) is 5.11 Å². The van der Waals surface area contributed by atoms with E-state index in [0.29, 0.717) is 0 Å². The zero-order chi connectivity index (χ0) is 6.57. The van der Waals surface area contributed by atoms with E-state index >= 15 is 0 Å². The van der Waals surface area contributed by atoms with Gasteiger partial charge < -0.3 is 5.11 Å². The van der Waals surface area contributed by atoms with E-state index in [1.807, 2.05) is 13.8 Å². The Kier molecular flexibility index (Phi) is 8.68. The molecule has 0 aliphatic carbocycles. The van der Waals surface area contributed by atoms with Gasteiger partial charge in [0.05, 0.1) is 5.92 Å². The summed E-state index contributed by atoms with van der Waals surface area (Å²) in [7, 11) is 0. The standard InChI is InChI=1S/C6H12O2.Bi/c1-3-5(4-2)6(7)8;/h5H,3-4H2,1-2H3,(H,7,8);. The van der Waals surface area contributed by atoms with Crippen molar-refractivity contribution < 1.29 is 9.90 Å². The van der Waals surface area contributed by atoms with Crippen molar-refractivity contribution in [2.45, 2.75) is 26.7 Å². The summed E-state index contributed by atoms with van der Waals surface area (Å²) in [6.45, 7) is 3.78. The van der Waals surface area contributed by atoms with Crippen LogP contribution >= 0.6 is 0 Å². The van der Waals surface area contributed by atoms with Crippen molar-refractivity contribution in [3.8, 4) is 0 Å². The third kappa shape index (κ3) is 4.83. The van der Waals surface area contributed by atoms with Gasteiger partial charge in [0, 0.05) is 26.2 Å². The Balaban J connectivity index is 0. The third-order valence-electron chi connectivity index (χ3n) is 1.33. The average Bonchev–Trinajstić information content (AvgIpc) is 1.69. The van der Waals surface area contributed by atoms with Gasteiger partial charge in [-0.25, -0.2) is 0 Å².